The van der Waals surface area contributed by atoms with Gasteiger partial charge in [-0.05, 0) is 23.6 Å². The van der Waals surface area contributed by atoms with Gasteiger partial charge < -0.3 is 19.9 Å². The molecule has 0 aromatic heterocycles. The summed E-state index contributed by atoms with van der Waals surface area (Å²) in [5.74, 6) is -0.321. The molecule has 106 valence electrons. The third kappa shape index (κ3) is 5.72. The van der Waals surface area contributed by atoms with Gasteiger partial charge in [-0.15, -0.1) is 0 Å². The number of carbonyl (C=O) groups is 1. The topological polar surface area (TPSA) is 67.8 Å². The van der Waals surface area contributed by atoms with E-state index >= 15 is 0 Å². The van der Waals surface area contributed by atoms with E-state index in [0.717, 1.165) is 30.6 Å². The maximum absolute atomic E-state index is 10.5. The first-order valence-corrected chi connectivity index (χ1v) is 6.33. The Labute approximate surface area is 113 Å². The highest BCUT2D eigenvalue weighted by Crippen LogP contribution is 2.20. The molecule has 0 saturated heterocycles. The van der Waals surface area contributed by atoms with Crippen LogP contribution in [-0.4, -0.2) is 37.9 Å². The van der Waals surface area contributed by atoms with Crippen molar-refractivity contribution < 1.29 is 19.4 Å². The highest BCUT2D eigenvalue weighted by molar-refractivity contribution is 5.68. The van der Waals surface area contributed by atoms with E-state index in [2.05, 4.69) is 5.32 Å². The Hall–Kier alpha value is -1.59. The third-order valence-corrected chi connectivity index (χ3v) is 2.67. The standard InChI is InChI=1S/C14H21NO4/c1-3-12-8-11(9-15-6-7-18-2)4-5-13(12)19-10-14(16)17/h4-5,8,15H,3,6-7,9-10H2,1-2H3,(H,16,17). The molecular weight excluding hydrogens is 246 g/mol. The summed E-state index contributed by atoms with van der Waals surface area (Å²) >= 11 is 0. The number of hydrogen-bond donors (Lipinski definition) is 2. The number of ether oxygens (including phenoxy) is 2. The van der Waals surface area contributed by atoms with Crippen LogP contribution in [-0.2, 0) is 22.5 Å². The molecule has 2 N–H and O–H groups in total. The zero-order chi connectivity index (χ0) is 14.1. The summed E-state index contributed by atoms with van der Waals surface area (Å²) in [6, 6.07) is 5.81. The summed E-state index contributed by atoms with van der Waals surface area (Å²) < 4.78 is 10.2. The maximum atomic E-state index is 10.5. The lowest BCUT2D eigenvalue weighted by atomic mass is 10.1. The van der Waals surface area contributed by atoms with E-state index in [9.17, 15) is 4.79 Å². The molecule has 0 atom stereocenters. The van der Waals surface area contributed by atoms with Gasteiger partial charge >= 0.3 is 5.97 Å². The number of methoxy groups -OCH3 is 1. The monoisotopic (exact) mass is 267 g/mol. The average Bonchev–Trinajstić information content (AvgIpc) is 2.41. The van der Waals surface area contributed by atoms with E-state index in [0.29, 0.717) is 12.4 Å². The smallest absolute Gasteiger partial charge is 0.341 e. The van der Waals surface area contributed by atoms with Gasteiger partial charge in [0.2, 0.25) is 0 Å². The number of aliphatic carboxylic acids is 1. The Morgan fingerprint density at radius 2 is 2.21 bits per heavy atom. The summed E-state index contributed by atoms with van der Waals surface area (Å²) in [4.78, 5) is 10.5. The van der Waals surface area contributed by atoms with Gasteiger partial charge in [0.1, 0.15) is 5.75 Å². The highest BCUT2D eigenvalue weighted by Gasteiger charge is 2.06. The number of hydrogen-bond acceptors (Lipinski definition) is 4. The van der Waals surface area contributed by atoms with Gasteiger partial charge in [0.25, 0.3) is 0 Å². The molecule has 0 unspecified atom stereocenters. The van der Waals surface area contributed by atoms with E-state index in [1.807, 2.05) is 25.1 Å². The predicted octanol–water partition coefficient (Wildman–Crippen LogP) is 1.45. The lowest BCUT2D eigenvalue weighted by molar-refractivity contribution is -0.139. The van der Waals surface area contributed by atoms with Crippen LogP contribution in [0.15, 0.2) is 18.2 Å². The second-order valence-electron chi connectivity index (χ2n) is 4.15. The van der Waals surface area contributed by atoms with Crippen LogP contribution in [0.1, 0.15) is 18.1 Å². The minimum Gasteiger partial charge on any atom is -0.482 e. The Balaban J connectivity index is 2.59. The van der Waals surface area contributed by atoms with Crippen LogP contribution in [0.4, 0.5) is 0 Å². The first kappa shape index (κ1) is 15.5. The van der Waals surface area contributed by atoms with Crippen molar-refractivity contribution in [2.75, 3.05) is 26.9 Å². The summed E-state index contributed by atoms with van der Waals surface area (Å²) in [5, 5.41) is 11.9. The minimum atomic E-state index is -0.965. The van der Waals surface area contributed by atoms with Gasteiger partial charge in [-0.3, -0.25) is 0 Å². The van der Waals surface area contributed by atoms with Crippen molar-refractivity contribution in [3.05, 3.63) is 29.3 Å². The number of nitrogens with one attached hydrogen (secondary N) is 1. The number of rotatable bonds is 9. The molecule has 19 heavy (non-hydrogen) atoms. The molecule has 1 rings (SSSR count). The van der Waals surface area contributed by atoms with Gasteiger partial charge in [0.15, 0.2) is 6.61 Å². The van der Waals surface area contributed by atoms with Crippen molar-refractivity contribution in [2.24, 2.45) is 0 Å². The van der Waals surface area contributed by atoms with Gasteiger partial charge in [-0.1, -0.05) is 19.1 Å². The molecule has 0 fully saturated rings. The van der Waals surface area contributed by atoms with Gasteiger partial charge in [-0.25, -0.2) is 4.79 Å². The van der Waals surface area contributed by atoms with Crippen LogP contribution in [0.25, 0.3) is 0 Å². The number of aryl methyl sites for hydroxylation is 1. The molecule has 0 aliphatic heterocycles. The molecule has 0 radical (unpaired) electrons. The summed E-state index contributed by atoms with van der Waals surface area (Å²) in [6.45, 7) is 3.95. The number of carboxylic acids is 1. The first-order chi connectivity index (χ1) is 9.17. The van der Waals surface area contributed by atoms with Crippen molar-refractivity contribution in [3.63, 3.8) is 0 Å². The lowest BCUT2D eigenvalue weighted by Crippen LogP contribution is -2.18. The molecule has 1 aromatic rings. The predicted molar refractivity (Wildman–Crippen MR) is 72.5 cm³/mol. The first-order valence-electron chi connectivity index (χ1n) is 6.33. The Morgan fingerprint density at radius 1 is 1.42 bits per heavy atom. The summed E-state index contributed by atoms with van der Waals surface area (Å²) in [7, 11) is 1.67. The average molecular weight is 267 g/mol. The fourth-order valence-electron chi connectivity index (χ4n) is 1.71. The zero-order valence-corrected chi connectivity index (χ0v) is 11.4. The normalized spacial score (nSPS) is 10.4. The fraction of sp³-hybridized carbons (Fsp3) is 0.500. The van der Waals surface area contributed by atoms with E-state index in [1.54, 1.807) is 7.11 Å². The highest BCUT2D eigenvalue weighted by atomic mass is 16.5. The summed E-state index contributed by atoms with van der Waals surface area (Å²) in [5.41, 5.74) is 2.17. The van der Waals surface area contributed by atoms with Gasteiger partial charge in [0, 0.05) is 20.2 Å². The Morgan fingerprint density at radius 3 is 2.84 bits per heavy atom. The SMILES string of the molecule is CCc1cc(CNCCOC)ccc1OCC(=O)O. The molecule has 0 bridgehead atoms. The maximum Gasteiger partial charge on any atom is 0.341 e. The van der Waals surface area contributed by atoms with Crippen LogP contribution in [0, 0.1) is 0 Å². The molecule has 0 amide bonds. The largest absolute Gasteiger partial charge is 0.482 e. The number of benzene rings is 1. The molecule has 0 aliphatic rings. The molecule has 0 aliphatic carbocycles. The third-order valence-electron chi connectivity index (χ3n) is 2.67. The van der Waals surface area contributed by atoms with E-state index in [-0.39, 0.29) is 6.61 Å². The van der Waals surface area contributed by atoms with Crippen molar-refractivity contribution in [1.82, 2.24) is 5.32 Å². The van der Waals surface area contributed by atoms with Crippen LogP contribution >= 0.6 is 0 Å². The minimum absolute atomic E-state index is 0.307. The van der Waals surface area contributed by atoms with Crippen molar-refractivity contribution in [3.8, 4) is 5.75 Å². The van der Waals surface area contributed by atoms with Crippen molar-refractivity contribution >= 4 is 5.97 Å². The zero-order valence-electron chi connectivity index (χ0n) is 11.4. The molecule has 0 spiro atoms. The van der Waals surface area contributed by atoms with E-state index in [4.69, 9.17) is 14.6 Å². The van der Waals surface area contributed by atoms with Crippen molar-refractivity contribution in [2.45, 2.75) is 19.9 Å². The van der Waals surface area contributed by atoms with Crippen LogP contribution in [0.5, 0.6) is 5.75 Å². The second-order valence-corrected chi connectivity index (χ2v) is 4.15. The second kappa shape index (κ2) is 8.50. The van der Waals surface area contributed by atoms with Crippen LogP contribution in [0.2, 0.25) is 0 Å². The number of carboxylic acid groups (broad SMARTS) is 1. The Kier molecular flexibility index (Phi) is 6.92. The van der Waals surface area contributed by atoms with Crippen LogP contribution in [0.3, 0.4) is 0 Å². The molecule has 0 saturated carbocycles. The molecular formula is C14H21NO4. The van der Waals surface area contributed by atoms with Gasteiger partial charge in [0.05, 0.1) is 6.61 Å². The Bertz CT molecular complexity index is 406. The summed E-state index contributed by atoms with van der Waals surface area (Å²) in [6.07, 6.45) is 0.806. The van der Waals surface area contributed by atoms with Gasteiger partial charge in [-0.2, -0.15) is 0 Å². The van der Waals surface area contributed by atoms with E-state index in [1.165, 1.54) is 0 Å². The fourth-order valence-corrected chi connectivity index (χ4v) is 1.71. The molecule has 0 heterocycles. The quantitative estimate of drug-likeness (QED) is 0.663. The van der Waals surface area contributed by atoms with Crippen molar-refractivity contribution in [1.29, 1.82) is 0 Å². The molecule has 5 nitrogen and oxygen atoms in total. The van der Waals surface area contributed by atoms with E-state index < -0.39 is 5.97 Å². The van der Waals surface area contributed by atoms with Crippen LogP contribution < -0.4 is 10.1 Å². The lowest BCUT2D eigenvalue weighted by Gasteiger charge is -2.11. The molecule has 5 heteroatoms. The molecule has 1 aromatic carbocycles.